The topological polar surface area (TPSA) is 3.24 Å². The summed E-state index contributed by atoms with van der Waals surface area (Å²) in [7, 11) is 2.36. The lowest BCUT2D eigenvalue weighted by Crippen LogP contribution is -2.53. The van der Waals surface area contributed by atoms with Crippen LogP contribution in [0.3, 0.4) is 0 Å². The summed E-state index contributed by atoms with van der Waals surface area (Å²) in [6.07, 6.45) is 17.0. The van der Waals surface area contributed by atoms with E-state index in [1.54, 1.807) is 0 Å². The number of hydrogen-bond acceptors (Lipinski definition) is 1. The summed E-state index contributed by atoms with van der Waals surface area (Å²) in [6, 6.07) is 0.636. The summed E-state index contributed by atoms with van der Waals surface area (Å²) >= 11 is 0. The van der Waals surface area contributed by atoms with Crippen molar-refractivity contribution in [3.8, 4) is 0 Å². The molecule has 30 heavy (non-hydrogen) atoms. The smallest absolute Gasteiger partial charge is 0.0209 e. The maximum absolute atomic E-state index is 2.68. The molecular weight excluding hydrogens is 362 g/mol. The highest BCUT2D eigenvalue weighted by Crippen LogP contribution is 2.54. The third kappa shape index (κ3) is 8.84. The van der Waals surface area contributed by atoms with Crippen LogP contribution < -0.4 is 0 Å². The molecule has 1 heteroatoms. The maximum Gasteiger partial charge on any atom is 0.0209 e. The van der Waals surface area contributed by atoms with Crippen LogP contribution in [0.1, 0.15) is 139 Å². The zero-order valence-electron chi connectivity index (χ0n) is 22.8. The van der Waals surface area contributed by atoms with Crippen LogP contribution in [0.25, 0.3) is 0 Å². The highest BCUT2D eigenvalue weighted by molar-refractivity contribution is 5.00. The van der Waals surface area contributed by atoms with Gasteiger partial charge in [-0.05, 0) is 88.5 Å². The molecule has 0 saturated heterocycles. The molecule has 0 aromatic rings. The van der Waals surface area contributed by atoms with E-state index in [1.807, 2.05) is 0 Å². The van der Waals surface area contributed by atoms with E-state index in [4.69, 9.17) is 0 Å². The molecule has 1 aliphatic carbocycles. The monoisotopic (exact) mass is 421 g/mol. The number of nitrogens with zero attached hydrogens (tertiary/aromatic N) is 1. The van der Waals surface area contributed by atoms with Crippen molar-refractivity contribution < 1.29 is 0 Å². The summed E-state index contributed by atoms with van der Waals surface area (Å²) in [4.78, 5) is 2.68. The molecular formula is C29H59N. The molecule has 1 nitrogen and oxygen atoms in total. The van der Waals surface area contributed by atoms with E-state index in [0.717, 1.165) is 23.7 Å². The molecule has 0 bridgehead atoms. The molecule has 1 aliphatic rings. The van der Waals surface area contributed by atoms with E-state index in [-0.39, 0.29) is 0 Å². The molecule has 2 atom stereocenters. The van der Waals surface area contributed by atoms with Gasteiger partial charge in [-0.25, -0.2) is 0 Å². The van der Waals surface area contributed by atoms with Crippen molar-refractivity contribution in [1.82, 2.24) is 4.90 Å². The lowest BCUT2D eigenvalue weighted by molar-refractivity contribution is -0.0317. The first-order valence-corrected chi connectivity index (χ1v) is 13.7. The summed E-state index contributed by atoms with van der Waals surface area (Å²) in [5, 5.41) is 0. The predicted molar refractivity (Wildman–Crippen MR) is 137 cm³/mol. The van der Waals surface area contributed by atoms with Crippen molar-refractivity contribution in [2.24, 2.45) is 29.1 Å². The van der Waals surface area contributed by atoms with Gasteiger partial charge < -0.3 is 0 Å². The van der Waals surface area contributed by atoms with Gasteiger partial charge in [0.25, 0.3) is 0 Å². The van der Waals surface area contributed by atoms with Crippen LogP contribution in [0.4, 0.5) is 0 Å². The van der Waals surface area contributed by atoms with Gasteiger partial charge in [-0.1, -0.05) is 87.0 Å². The van der Waals surface area contributed by atoms with Crippen LogP contribution in [-0.4, -0.2) is 23.5 Å². The Kier molecular flexibility index (Phi) is 12.0. The van der Waals surface area contributed by atoms with Gasteiger partial charge >= 0.3 is 0 Å². The normalized spacial score (nSPS) is 24.5. The molecule has 0 radical (unpaired) electrons. The zero-order chi connectivity index (χ0) is 22.9. The van der Waals surface area contributed by atoms with E-state index < -0.39 is 0 Å². The van der Waals surface area contributed by atoms with Crippen molar-refractivity contribution >= 4 is 0 Å². The Bertz CT molecular complexity index is 441. The first-order valence-electron chi connectivity index (χ1n) is 13.7. The molecule has 0 heterocycles. The quantitative estimate of drug-likeness (QED) is 0.240. The molecule has 0 spiro atoms. The van der Waals surface area contributed by atoms with Gasteiger partial charge in [0.15, 0.2) is 0 Å². The minimum absolute atomic E-state index is 0.394. The Morgan fingerprint density at radius 3 is 1.80 bits per heavy atom. The van der Waals surface area contributed by atoms with E-state index in [9.17, 15) is 0 Å². The third-order valence-electron chi connectivity index (χ3n) is 8.77. The standard InChI is InChI=1S/C29H59N/c1-11-29(12-2,30(10)24(5)6)22-28(9)20-27(21-28)19-26(8)18-14-17-25(7)16-13-15-23(3)4/h23-27H,11-22H2,1-10H3. The summed E-state index contributed by atoms with van der Waals surface area (Å²) < 4.78 is 0. The second-order valence-electron chi connectivity index (χ2n) is 12.6. The van der Waals surface area contributed by atoms with Crippen LogP contribution in [0.2, 0.25) is 0 Å². The second kappa shape index (κ2) is 12.9. The molecule has 1 saturated carbocycles. The fourth-order valence-corrected chi connectivity index (χ4v) is 6.63. The average molecular weight is 422 g/mol. The molecule has 1 rings (SSSR count). The van der Waals surface area contributed by atoms with Gasteiger partial charge in [0.05, 0.1) is 0 Å². The van der Waals surface area contributed by atoms with E-state index in [1.165, 1.54) is 77.0 Å². The maximum atomic E-state index is 2.68. The lowest BCUT2D eigenvalue weighted by atomic mass is 9.56. The van der Waals surface area contributed by atoms with Crippen LogP contribution >= 0.6 is 0 Å². The van der Waals surface area contributed by atoms with Crippen molar-refractivity contribution in [1.29, 1.82) is 0 Å². The fourth-order valence-electron chi connectivity index (χ4n) is 6.63. The summed E-state index contributed by atoms with van der Waals surface area (Å²) in [5.41, 5.74) is 0.968. The Morgan fingerprint density at radius 1 is 0.833 bits per heavy atom. The first kappa shape index (κ1) is 28.0. The first-order chi connectivity index (χ1) is 14.0. The van der Waals surface area contributed by atoms with Crippen molar-refractivity contribution in [3.05, 3.63) is 0 Å². The number of rotatable bonds is 16. The molecule has 0 aliphatic heterocycles. The van der Waals surface area contributed by atoms with Gasteiger partial charge in [0, 0.05) is 11.6 Å². The molecule has 0 aromatic heterocycles. The highest BCUT2D eigenvalue weighted by Gasteiger charge is 2.46. The number of hydrogen-bond donors (Lipinski definition) is 0. The fraction of sp³-hybridized carbons (Fsp3) is 1.00. The SMILES string of the molecule is CCC(CC)(CC1(C)CC(CC(C)CCCC(C)CCCC(C)C)C1)N(C)C(C)C. The highest BCUT2D eigenvalue weighted by atomic mass is 15.2. The van der Waals surface area contributed by atoms with E-state index in [2.05, 4.69) is 74.3 Å². The van der Waals surface area contributed by atoms with E-state index >= 15 is 0 Å². The Hall–Kier alpha value is -0.0400. The lowest BCUT2D eigenvalue weighted by Gasteiger charge is -2.54. The van der Waals surface area contributed by atoms with Gasteiger partial charge in [-0.3, -0.25) is 4.90 Å². The third-order valence-corrected chi connectivity index (χ3v) is 8.77. The summed E-state index contributed by atoms with van der Waals surface area (Å²) in [6.45, 7) is 21.8. The molecule has 2 unspecified atom stereocenters. The molecule has 0 N–H and O–H groups in total. The van der Waals surface area contributed by atoms with Crippen LogP contribution in [-0.2, 0) is 0 Å². The molecule has 180 valence electrons. The van der Waals surface area contributed by atoms with Crippen LogP contribution in [0.5, 0.6) is 0 Å². The van der Waals surface area contributed by atoms with Crippen LogP contribution in [0.15, 0.2) is 0 Å². The van der Waals surface area contributed by atoms with Crippen LogP contribution in [0, 0.1) is 29.1 Å². The van der Waals surface area contributed by atoms with Gasteiger partial charge in [0.2, 0.25) is 0 Å². The predicted octanol–water partition coefficient (Wildman–Crippen LogP) is 9.35. The minimum atomic E-state index is 0.394. The Labute approximate surface area is 192 Å². The summed E-state index contributed by atoms with van der Waals surface area (Å²) in [5.74, 6) is 3.71. The van der Waals surface area contributed by atoms with Gasteiger partial charge in [-0.15, -0.1) is 0 Å². The van der Waals surface area contributed by atoms with Gasteiger partial charge in [0.1, 0.15) is 0 Å². The largest absolute Gasteiger partial charge is 0.298 e. The average Bonchev–Trinajstić information content (AvgIpc) is 2.64. The van der Waals surface area contributed by atoms with Gasteiger partial charge in [-0.2, -0.15) is 0 Å². The van der Waals surface area contributed by atoms with Crippen molar-refractivity contribution in [3.63, 3.8) is 0 Å². The van der Waals surface area contributed by atoms with Crippen molar-refractivity contribution in [2.75, 3.05) is 7.05 Å². The minimum Gasteiger partial charge on any atom is -0.298 e. The molecule has 1 fully saturated rings. The zero-order valence-corrected chi connectivity index (χ0v) is 22.8. The molecule has 0 amide bonds. The van der Waals surface area contributed by atoms with E-state index in [0.29, 0.717) is 17.0 Å². The Balaban J connectivity index is 2.34. The van der Waals surface area contributed by atoms with Crippen molar-refractivity contribution in [2.45, 2.75) is 151 Å². The second-order valence-corrected chi connectivity index (χ2v) is 12.6. The molecule has 0 aromatic carbocycles. The Morgan fingerprint density at radius 2 is 1.33 bits per heavy atom.